The largest absolute Gasteiger partial charge is 0.481 e. The van der Waals surface area contributed by atoms with E-state index >= 15 is 0 Å². The van der Waals surface area contributed by atoms with Gasteiger partial charge in [-0.1, -0.05) is 6.07 Å². The van der Waals surface area contributed by atoms with Gasteiger partial charge in [0, 0.05) is 6.54 Å². The first-order valence-electron chi connectivity index (χ1n) is 5.71. The molecule has 1 atom stereocenters. The molecule has 0 aliphatic rings. The zero-order valence-electron chi connectivity index (χ0n) is 10.7. The molecule has 18 heavy (non-hydrogen) atoms. The van der Waals surface area contributed by atoms with Crippen LogP contribution in [0.1, 0.15) is 24.2 Å². The molecule has 1 rings (SSSR count). The monoisotopic (exact) mass is 251 g/mol. The summed E-state index contributed by atoms with van der Waals surface area (Å²) < 4.78 is 10.1. The van der Waals surface area contributed by atoms with Crippen LogP contribution in [0.15, 0.2) is 24.3 Å². The number of nitrogens with one attached hydrogen (secondary N) is 1. The van der Waals surface area contributed by atoms with Crippen LogP contribution in [0.25, 0.3) is 0 Å². The minimum Gasteiger partial charge on any atom is -0.481 e. The van der Waals surface area contributed by atoms with Crippen LogP contribution in [0.4, 0.5) is 0 Å². The summed E-state index contributed by atoms with van der Waals surface area (Å²) in [5, 5.41) is 2.66. The van der Waals surface area contributed by atoms with Crippen molar-refractivity contribution in [2.45, 2.75) is 20.0 Å². The zero-order valence-corrected chi connectivity index (χ0v) is 10.7. The molecule has 1 aromatic carbocycles. The molecule has 1 N–H and O–H groups in total. The van der Waals surface area contributed by atoms with Gasteiger partial charge < -0.3 is 14.8 Å². The van der Waals surface area contributed by atoms with Gasteiger partial charge in [-0.25, -0.2) is 4.79 Å². The van der Waals surface area contributed by atoms with E-state index in [9.17, 15) is 9.59 Å². The second kappa shape index (κ2) is 6.64. The van der Waals surface area contributed by atoms with Crippen molar-refractivity contribution in [2.24, 2.45) is 0 Å². The maximum absolute atomic E-state index is 11.5. The molecule has 0 aliphatic carbocycles. The highest BCUT2D eigenvalue weighted by Crippen LogP contribution is 2.15. The molecule has 0 saturated carbocycles. The Balaban J connectivity index is 2.73. The highest BCUT2D eigenvalue weighted by atomic mass is 16.5. The average molecular weight is 251 g/mol. The number of esters is 1. The number of amides is 1. The van der Waals surface area contributed by atoms with Crippen molar-refractivity contribution in [1.82, 2.24) is 5.32 Å². The van der Waals surface area contributed by atoms with Gasteiger partial charge in [0.15, 0.2) is 6.10 Å². The first-order valence-corrected chi connectivity index (χ1v) is 5.71. The maximum Gasteiger partial charge on any atom is 0.337 e. The summed E-state index contributed by atoms with van der Waals surface area (Å²) in [7, 11) is 1.31. The summed E-state index contributed by atoms with van der Waals surface area (Å²) in [6, 6.07) is 6.52. The van der Waals surface area contributed by atoms with Gasteiger partial charge in [0.25, 0.3) is 5.91 Å². The lowest BCUT2D eigenvalue weighted by Gasteiger charge is -2.14. The molecule has 0 unspecified atom stereocenters. The SMILES string of the molecule is CCNC(=O)[C@H](C)Oc1cccc(C(=O)OC)c1. The lowest BCUT2D eigenvalue weighted by atomic mass is 10.2. The molecular formula is C13H17NO4. The van der Waals surface area contributed by atoms with Crippen LogP contribution in [0.2, 0.25) is 0 Å². The third-order valence-corrected chi connectivity index (χ3v) is 2.29. The third-order valence-electron chi connectivity index (χ3n) is 2.29. The first-order chi connectivity index (χ1) is 8.58. The Morgan fingerprint density at radius 3 is 2.72 bits per heavy atom. The van der Waals surface area contributed by atoms with Gasteiger partial charge in [0.1, 0.15) is 5.75 Å². The third kappa shape index (κ3) is 3.76. The minimum absolute atomic E-state index is 0.194. The van der Waals surface area contributed by atoms with Crippen LogP contribution in [0, 0.1) is 0 Å². The Labute approximate surface area is 106 Å². The number of ether oxygens (including phenoxy) is 2. The quantitative estimate of drug-likeness (QED) is 0.803. The summed E-state index contributed by atoms with van der Waals surface area (Å²) in [5.74, 6) is -0.177. The van der Waals surface area contributed by atoms with Gasteiger partial charge in [-0.2, -0.15) is 0 Å². The molecule has 1 amide bonds. The summed E-state index contributed by atoms with van der Waals surface area (Å²) >= 11 is 0. The maximum atomic E-state index is 11.5. The fourth-order valence-corrected chi connectivity index (χ4v) is 1.39. The molecule has 1 aromatic rings. The first kappa shape index (κ1) is 14.0. The smallest absolute Gasteiger partial charge is 0.337 e. The van der Waals surface area contributed by atoms with Crippen LogP contribution in [0.3, 0.4) is 0 Å². The Bertz CT molecular complexity index is 431. The van der Waals surface area contributed by atoms with Crippen LogP contribution >= 0.6 is 0 Å². The molecule has 5 heteroatoms. The Hall–Kier alpha value is -2.04. The Morgan fingerprint density at radius 1 is 1.39 bits per heavy atom. The number of hydrogen-bond donors (Lipinski definition) is 1. The van der Waals surface area contributed by atoms with E-state index in [2.05, 4.69) is 10.1 Å². The molecule has 0 aliphatic heterocycles. The van der Waals surface area contributed by atoms with Crippen LogP contribution < -0.4 is 10.1 Å². The number of hydrogen-bond acceptors (Lipinski definition) is 4. The van der Waals surface area contributed by atoms with Gasteiger partial charge in [-0.15, -0.1) is 0 Å². The zero-order chi connectivity index (χ0) is 13.5. The predicted molar refractivity (Wildman–Crippen MR) is 66.6 cm³/mol. The van der Waals surface area contributed by atoms with Gasteiger partial charge in [0.05, 0.1) is 12.7 Å². The van der Waals surface area contributed by atoms with E-state index in [0.29, 0.717) is 17.9 Å². The van der Waals surface area contributed by atoms with E-state index in [1.165, 1.54) is 7.11 Å². The number of likely N-dealkylation sites (N-methyl/N-ethyl adjacent to an activating group) is 1. The molecule has 98 valence electrons. The van der Waals surface area contributed by atoms with Crippen molar-refractivity contribution < 1.29 is 19.1 Å². The van der Waals surface area contributed by atoms with Gasteiger partial charge in [-0.05, 0) is 32.0 Å². The molecule has 0 aromatic heterocycles. The lowest BCUT2D eigenvalue weighted by molar-refractivity contribution is -0.127. The fraction of sp³-hybridized carbons (Fsp3) is 0.385. The predicted octanol–water partition coefficient (Wildman–Crippen LogP) is 1.38. The van der Waals surface area contributed by atoms with E-state index in [-0.39, 0.29) is 5.91 Å². The van der Waals surface area contributed by atoms with Crippen LogP contribution in [-0.4, -0.2) is 31.6 Å². The van der Waals surface area contributed by atoms with Gasteiger partial charge >= 0.3 is 5.97 Å². The van der Waals surface area contributed by atoms with Gasteiger partial charge in [-0.3, -0.25) is 4.79 Å². The van der Waals surface area contributed by atoms with Crippen molar-refractivity contribution in [3.05, 3.63) is 29.8 Å². The van der Waals surface area contributed by atoms with Crippen molar-refractivity contribution in [2.75, 3.05) is 13.7 Å². The van der Waals surface area contributed by atoms with E-state index in [1.54, 1.807) is 31.2 Å². The van der Waals surface area contributed by atoms with Crippen molar-refractivity contribution in [3.8, 4) is 5.75 Å². The lowest BCUT2D eigenvalue weighted by Crippen LogP contribution is -2.36. The summed E-state index contributed by atoms with van der Waals surface area (Å²) in [5.41, 5.74) is 0.387. The second-order valence-electron chi connectivity index (χ2n) is 3.67. The van der Waals surface area contributed by atoms with Crippen molar-refractivity contribution in [1.29, 1.82) is 0 Å². The minimum atomic E-state index is -0.613. The highest BCUT2D eigenvalue weighted by Gasteiger charge is 2.14. The number of rotatable bonds is 5. The van der Waals surface area contributed by atoms with Crippen molar-refractivity contribution >= 4 is 11.9 Å². The second-order valence-corrected chi connectivity index (χ2v) is 3.67. The molecule has 0 saturated heterocycles. The van der Waals surface area contributed by atoms with Crippen LogP contribution in [-0.2, 0) is 9.53 Å². The Kier molecular flexibility index (Phi) is 5.17. The summed E-state index contributed by atoms with van der Waals surface area (Å²) in [6.07, 6.45) is -0.613. The molecule has 5 nitrogen and oxygen atoms in total. The number of carbonyl (C=O) groups is 2. The van der Waals surface area contributed by atoms with E-state index < -0.39 is 12.1 Å². The van der Waals surface area contributed by atoms with Crippen LogP contribution in [0.5, 0.6) is 5.75 Å². The number of methoxy groups -OCH3 is 1. The summed E-state index contributed by atoms with van der Waals surface area (Å²) in [6.45, 7) is 4.03. The molecule has 0 heterocycles. The molecule has 0 bridgehead atoms. The molecule has 0 fully saturated rings. The standard InChI is InChI=1S/C13H17NO4/c1-4-14-12(15)9(2)18-11-7-5-6-10(8-11)13(16)17-3/h5-9H,4H2,1-3H3,(H,14,15)/t9-/m0/s1. The Morgan fingerprint density at radius 2 is 2.11 bits per heavy atom. The molecule has 0 radical (unpaired) electrons. The number of carbonyl (C=O) groups excluding carboxylic acids is 2. The van der Waals surface area contributed by atoms with E-state index in [0.717, 1.165) is 0 Å². The van der Waals surface area contributed by atoms with Crippen molar-refractivity contribution in [3.63, 3.8) is 0 Å². The highest BCUT2D eigenvalue weighted by molar-refractivity contribution is 5.89. The fourth-order valence-electron chi connectivity index (χ4n) is 1.39. The average Bonchev–Trinajstić information content (AvgIpc) is 2.38. The van der Waals surface area contributed by atoms with E-state index in [4.69, 9.17) is 4.74 Å². The molecular weight excluding hydrogens is 234 g/mol. The van der Waals surface area contributed by atoms with Gasteiger partial charge in [0.2, 0.25) is 0 Å². The summed E-state index contributed by atoms with van der Waals surface area (Å²) in [4.78, 5) is 22.8. The topological polar surface area (TPSA) is 64.6 Å². The normalized spacial score (nSPS) is 11.5. The molecule has 0 spiro atoms. The number of benzene rings is 1. The van der Waals surface area contributed by atoms with E-state index in [1.807, 2.05) is 6.92 Å².